The fourth-order valence-electron chi connectivity index (χ4n) is 3.03. The van der Waals surface area contributed by atoms with Crippen LogP contribution in [0.5, 0.6) is 0 Å². The maximum atomic E-state index is 14.2. The van der Waals surface area contributed by atoms with Crippen molar-refractivity contribution < 1.29 is 4.39 Å². The molecule has 0 aliphatic carbocycles. The van der Waals surface area contributed by atoms with E-state index in [0.29, 0.717) is 12.1 Å². The average molecular weight is 264 g/mol. The highest BCUT2D eigenvalue weighted by atomic mass is 19.1. The van der Waals surface area contributed by atoms with Gasteiger partial charge in [0, 0.05) is 25.2 Å². The lowest BCUT2D eigenvalue weighted by molar-refractivity contribution is 0.366. The first-order valence-electron chi connectivity index (χ1n) is 7.42. The zero-order valence-corrected chi connectivity index (χ0v) is 12.2. The minimum absolute atomic E-state index is 0.0874. The summed E-state index contributed by atoms with van der Waals surface area (Å²) in [5.41, 5.74) is 1.84. The van der Waals surface area contributed by atoms with Crippen LogP contribution in [0, 0.1) is 12.7 Å². The number of para-hydroxylation sites is 1. The highest BCUT2D eigenvalue weighted by molar-refractivity contribution is 5.55. The van der Waals surface area contributed by atoms with Crippen molar-refractivity contribution in [3.63, 3.8) is 0 Å². The van der Waals surface area contributed by atoms with Crippen LogP contribution < -0.4 is 10.2 Å². The molecule has 0 aromatic heterocycles. The van der Waals surface area contributed by atoms with Gasteiger partial charge in [0.1, 0.15) is 5.82 Å². The summed E-state index contributed by atoms with van der Waals surface area (Å²) >= 11 is 0. The molecule has 0 radical (unpaired) electrons. The molecule has 0 spiro atoms. The van der Waals surface area contributed by atoms with E-state index in [-0.39, 0.29) is 5.82 Å². The second-order valence-corrected chi connectivity index (χ2v) is 5.51. The van der Waals surface area contributed by atoms with Crippen LogP contribution in [0.3, 0.4) is 0 Å². The Morgan fingerprint density at radius 3 is 2.79 bits per heavy atom. The quantitative estimate of drug-likeness (QED) is 0.895. The monoisotopic (exact) mass is 264 g/mol. The third-order valence-electron chi connectivity index (χ3n) is 4.08. The zero-order chi connectivity index (χ0) is 13.8. The van der Waals surface area contributed by atoms with Gasteiger partial charge in [-0.1, -0.05) is 32.4 Å². The van der Waals surface area contributed by atoms with Crippen molar-refractivity contribution in [2.75, 3.05) is 18.0 Å². The van der Waals surface area contributed by atoms with Crippen LogP contribution in [0.15, 0.2) is 18.2 Å². The highest BCUT2D eigenvalue weighted by Gasteiger charge is 2.28. The van der Waals surface area contributed by atoms with Crippen molar-refractivity contribution in [3.8, 4) is 0 Å². The Labute approximate surface area is 116 Å². The van der Waals surface area contributed by atoms with Gasteiger partial charge in [-0.2, -0.15) is 0 Å². The summed E-state index contributed by atoms with van der Waals surface area (Å²) < 4.78 is 14.2. The van der Waals surface area contributed by atoms with Crippen LogP contribution in [0.2, 0.25) is 0 Å². The van der Waals surface area contributed by atoms with E-state index in [1.807, 2.05) is 13.0 Å². The lowest BCUT2D eigenvalue weighted by Crippen LogP contribution is -2.56. The maximum Gasteiger partial charge on any atom is 0.146 e. The highest BCUT2D eigenvalue weighted by Crippen LogP contribution is 2.28. The van der Waals surface area contributed by atoms with Crippen molar-refractivity contribution in [2.45, 2.75) is 52.1 Å². The first kappa shape index (κ1) is 14.3. The van der Waals surface area contributed by atoms with Crippen LogP contribution in [0.25, 0.3) is 0 Å². The molecule has 1 aliphatic rings. The number of rotatable bonds is 4. The van der Waals surface area contributed by atoms with Gasteiger partial charge in [-0.3, -0.25) is 0 Å². The lowest BCUT2D eigenvalue weighted by atomic mass is 10.0. The fraction of sp³-hybridized carbons (Fsp3) is 0.625. The molecular formula is C16H25FN2. The largest absolute Gasteiger partial charge is 0.363 e. The van der Waals surface area contributed by atoms with Crippen LogP contribution in [0.1, 0.15) is 38.7 Å². The topological polar surface area (TPSA) is 15.3 Å². The summed E-state index contributed by atoms with van der Waals surface area (Å²) in [7, 11) is 0. The molecule has 1 aromatic rings. The Morgan fingerprint density at radius 2 is 2.16 bits per heavy atom. The number of nitrogens with zero attached hydrogens (tertiary/aromatic N) is 1. The molecule has 0 bridgehead atoms. The first-order valence-corrected chi connectivity index (χ1v) is 7.42. The van der Waals surface area contributed by atoms with Gasteiger partial charge in [-0.15, -0.1) is 0 Å². The predicted molar refractivity (Wildman–Crippen MR) is 79.3 cm³/mol. The molecule has 1 aromatic carbocycles. The zero-order valence-electron chi connectivity index (χ0n) is 12.2. The molecule has 0 saturated carbocycles. The van der Waals surface area contributed by atoms with Crippen LogP contribution in [-0.2, 0) is 0 Å². The molecule has 19 heavy (non-hydrogen) atoms. The third kappa shape index (κ3) is 3.08. The lowest BCUT2D eigenvalue weighted by Gasteiger charge is -2.42. The summed E-state index contributed by atoms with van der Waals surface area (Å²) in [5, 5.41) is 3.60. The second-order valence-electron chi connectivity index (χ2n) is 5.51. The summed E-state index contributed by atoms with van der Waals surface area (Å²) in [5.74, 6) is -0.0874. The van der Waals surface area contributed by atoms with E-state index in [1.165, 1.54) is 6.42 Å². The standard InChI is InChI=1S/C16H25FN2/c1-4-7-13-11-19(14(5-2)10-18-13)16-12(3)8-6-9-15(16)17/h6,8-9,13-14,18H,4-5,7,10-11H2,1-3H3. The van der Waals surface area contributed by atoms with Gasteiger partial charge in [0.2, 0.25) is 0 Å². The Hall–Kier alpha value is -1.09. The normalized spacial score (nSPS) is 23.7. The molecule has 1 aliphatic heterocycles. The molecule has 1 heterocycles. The Bertz CT molecular complexity index is 399. The van der Waals surface area contributed by atoms with E-state index in [0.717, 1.165) is 37.2 Å². The number of piperazine rings is 1. The number of hydrogen-bond donors (Lipinski definition) is 1. The summed E-state index contributed by atoms with van der Waals surface area (Å²) in [4.78, 5) is 2.28. The molecule has 0 amide bonds. The molecule has 3 heteroatoms. The minimum Gasteiger partial charge on any atom is -0.363 e. The molecule has 2 unspecified atom stereocenters. The van der Waals surface area contributed by atoms with Gasteiger partial charge in [-0.05, 0) is 31.4 Å². The molecule has 1 fully saturated rings. The smallest absolute Gasteiger partial charge is 0.146 e. The molecule has 2 nitrogen and oxygen atoms in total. The number of halogens is 1. The summed E-state index contributed by atoms with van der Waals surface area (Å²) in [6.45, 7) is 8.24. The van der Waals surface area contributed by atoms with Gasteiger partial charge in [0.25, 0.3) is 0 Å². The van der Waals surface area contributed by atoms with Gasteiger partial charge in [-0.25, -0.2) is 4.39 Å². The maximum absolute atomic E-state index is 14.2. The second kappa shape index (κ2) is 6.38. The van der Waals surface area contributed by atoms with E-state index in [4.69, 9.17) is 0 Å². The van der Waals surface area contributed by atoms with E-state index < -0.39 is 0 Å². The Balaban J connectivity index is 2.27. The van der Waals surface area contributed by atoms with E-state index in [1.54, 1.807) is 12.1 Å². The fourth-order valence-corrected chi connectivity index (χ4v) is 3.03. The predicted octanol–water partition coefficient (Wildman–Crippen LogP) is 3.49. The van der Waals surface area contributed by atoms with Crippen molar-refractivity contribution >= 4 is 5.69 Å². The third-order valence-corrected chi connectivity index (χ3v) is 4.08. The Morgan fingerprint density at radius 1 is 1.37 bits per heavy atom. The van der Waals surface area contributed by atoms with Gasteiger partial charge in [0.05, 0.1) is 5.69 Å². The number of benzene rings is 1. The van der Waals surface area contributed by atoms with Crippen molar-refractivity contribution in [2.24, 2.45) is 0 Å². The average Bonchev–Trinajstić information content (AvgIpc) is 2.39. The number of hydrogen-bond acceptors (Lipinski definition) is 2. The number of nitrogens with one attached hydrogen (secondary N) is 1. The molecule has 106 valence electrons. The van der Waals surface area contributed by atoms with E-state index in [2.05, 4.69) is 24.1 Å². The molecular weight excluding hydrogens is 239 g/mol. The SMILES string of the molecule is CCCC1CN(c2c(C)cccc2F)C(CC)CN1. The first-order chi connectivity index (χ1) is 9.17. The Kier molecular flexibility index (Phi) is 4.81. The molecule has 1 N–H and O–H groups in total. The van der Waals surface area contributed by atoms with E-state index in [9.17, 15) is 4.39 Å². The van der Waals surface area contributed by atoms with Crippen LogP contribution in [0.4, 0.5) is 10.1 Å². The van der Waals surface area contributed by atoms with Gasteiger partial charge >= 0.3 is 0 Å². The van der Waals surface area contributed by atoms with Crippen molar-refractivity contribution in [1.29, 1.82) is 0 Å². The van der Waals surface area contributed by atoms with Crippen molar-refractivity contribution in [3.05, 3.63) is 29.6 Å². The molecule has 1 saturated heterocycles. The molecule has 2 rings (SSSR count). The minimum atomic E-state index is -0.0874. The summed E-state index contributed by atoms with van der Waals surface area (Å²) in [6.07, 6.45) is 3.36. The summed E-state index contributed by atoms with van der Waals surface area (Å²) in [6, 6.07) is 6.24. The van der Waals surface area contributed by atoms with Gasteiger partial charge in [0.15, 0.2) is 0 Å². The number of aryl methyl sites for hydroxylation is 1. The van der Waals surface area contributed by atoms with Crippen molar-refractivity contribution in [1.82, 2.24) is 5.32 Å². The van der Waals surface area contributed by atoms with Gasteiger partial charge < -0.3 is 10.2 Å². The number of anilines is 1. The molecule has 2 atom stereocenters. The van der Waals surface area contributed by atoms with Crippen LogP contribution in [-0.4, -0.2) is 25.2 Å². The van der Waals surface area contributed by atoms with Crippen LogP contribution >= 0.6 is 0 Å². The van der Waals surface area contributed by atoms with E-state index >= 15 is 0 Å².